The predicted molar refractivity (Wildman–Crippen MR) is 136 cm³/mol. The Morgan fingerprint density at radius 3 is 2.46 bits per heavy atom. The SMILES string of the molecule is N#Cc1cccc(CC(=O)C(=O)Nc2cc(-n3cc(C#N)c(-c4ccccc4Cl)c3)ccc2[N+](=O)[O-])c1. The molecule has 0 spiro atoms. The van der Waals surface area contributed by atoms with Gasteiger partial charge in [0.1, 0.15) is 11.8 Å². The fraction of sp³-hybridized carbons (Fsp3) is 0.0370. The number of nitro benzene ring substituents is 1. The number of halogens is 1. The van der Waals surface area contributed by atoms with Crippen LogP contribution in [0, 0.1) is 32.8 Å². The summed E-state index contributed by atoms with van der Waals surface area (Å²) in [7, 11) is 0. The van der Waals surface area contributed by atoms with E-state index in [1.54, 1.807) is 59.4 Å². The lowest BCUT2D eigenvalue weighted by Crippen LogP contribution is -2.25. The Morgan fingerprint density at radius 1 is 0.973 bits per heavy atom. The third kappa shape index (κ3) is 5.38. The molecular weight excluding hydrogens is 494 g/mol. The molecule has 0 aliphatic heterocycles. The predicted octanol–water partition coefficient (Wildman–Crippen LogP) is 5.20. The van der Waals surface area contributed by atoms with E-state index < -0.39 is 22.3 Å². The first-order valence-electron chi connectivity index (χ1n) is 10.8. The van der Waals surface area contributed by atoms with Gasteiger partial charge in [-0.05, 0) is 35.9 Å². The van der Waals surface area contributed by atoms with Gasteiger partial charge in [0.2, 0.25) is 5.78 Å². The third-order valence-corrected chi connectivity index (χ3v) is 5.84. The standard InChI is InChI=1S/C27H16ClN5O4/c28-23-7-2-1-6-21(23)22-16-32(15-19(22)14-30)20-8-9-25(33(36)37)24(12-20)31-27(35)26(34)11-17-4-3-5-18(10-17)13-29/h1-10,12,15-16H,11H2,(H,31,35). The minimum Gasteiger partial charge on any atom is -0.322 e. The Labute approximate surface area is 215 Å². The van der Waals surface area contributed by atoms with Crippen molar-refractivity contribution >= 4 is 34.7 Å². The van der Waals surface area contributed by atoms with Gasteiger partial charge in [-0.3, -0.25) is 19.7 Å². The van der Waals surface area contributed by atoms with E-state index in [-0.39, 0.29) is 12.1 Å². The summed E-state index contributed by atoms with van der Waals surface area (Å²) < 4.78 is 1.58. The highest BCUT2D eigenvalue weighted by atomic mass is 35.5. The second-order valence-electron chi connectivity index (χ2n) is 7.91. The molecule has 0 radical (unpaired) electrons. The van der Waals surface area contributed by atoms with E-state index in [4.69, 9.17) is 16.9 Å². The van der Waals surface area contributed by atoms with Crippen LogP contribution in [0.25, 0.3) is 16.8 Å². The smallest absolute Gasteiger partial charge is 0.292 e. The molecule has 1 N–H and O–H groups in total. The van der Waals surface area contributed by atoms with Crippen molar-refractivity contribution in [3.63, 3.8) is 0 Å². The zero-order valence-electron chi connectivity index (χ0n) is 19.0. The zero-order chi connectivity index (χ0) is 26.5. The molecule has 0 fully saturated rings. The van der Waals surface area contributed by atoms with Gasteiger partial charge in [-0.15, -0.1) is 0 Å². The Balaban J connectivity index is 1.65. The second kappa shape index (κ2) is 10.6. The van der Waals surface area contributed by atoms with Gasteiger partial charge < -0.3 is 9.88 Å². The van der Waals surface area contributed by atoms with Crippen molar-refractivity contribution in [2.45, 2.75) is 6.42 Å². The van der Waals surface area contributed by atoms with Crippen molar-refractivity contribution in [2.24, 2.45) is 0 Å². The van der Waals surface area contributed by atoms with Gasteiger partial charge in [0.25, 0.3) is 11.6 Å². The van der Waals surface area contributed by atoms with E-state index in [2.05, 4.69) is 11.4 Å². The summed E-state index contributed by atoms with van der Waals surface area (Å²) in [5.41, 5.74) is 2.15. The molecule has 10 heteroatoms. The van der Waals surface area contributed by atoms with Crippen LogP contribution in [0.1, 0.15) is 16.7 Å². The van der Waals surface area contributed by atoms with Crippen LogP contribution in [0.3, 0.4) is 0 Å². The van der Waals surface area contributed by atoms with E-state index in [0.29, 0.717) is 38.5 Å². The van der Waals surface area contributed by atoms with Gasteiger partial charge in [0.15, 0.2) is 0 Å². The Kier molecular flexibility index (Phi) is 7.10. The van der Waals surface area contributed by atoms with Gasteiger partial charge in [-0.1, -0.05) is 41.9 Å². The minimum atomic E-state index is -1.04. The molecule has 3 aromatic carbocycles. The second-order valence-corrected chi connectivity index (χ2v) is 8.32. The zero-order valence-corrected chi connectivity index (χ0v) is 19.8. The van der Waals surface area contributed by atoms with Crippen LogP contribution in [0.2, 0.25) is 5.02 Å². The molecule has 180 valence electrons. The van der Waals surface area contributed by atoms with Crippen molar-refractivity contribution in [1.82, 2.24) is 4.57 Å². The number of amides is 1. The van der Waals surface area contributed by atoms with Crippen LogP contribution in [-0.2, 0) is 16.0 Å². The average Bonchev–Trinajstić information content (AvgIpc) is 3.33. The highest BCUT2D eigenvalue weighted by Gasteiger charge is 2.22. The van der Waals surface area contributed by atoms with Crippen molar-refractivity contribution in [3.8, 4) is 29.0 Å². The topological polar surface area (TPSA) is 142 Å². The summed E-state index contributed by atoms with van der Waals surface area (Å²) in [5.74, 6) is -1.87. The van der Waals surface area contributed by atoms with Gasteiger partial charge in [0, 0.05) is 46.7 Å². The number of ketones is 1. The normalized spacial score (nSPS) is 10.2. The lowest BCUT2D eigenvalue weighted by atomic mass is 10.1. The first-order valence-corrected chi connectivity index (χ1v) is 11.2. The highest BCUT2D eigenvalue weighted by Crippen LogP contribution is 2.33. The van der Waals surface area contributed by atoms with Crippen molar-refractivity contribution in [1.29, 1.82) is 10.5 Å². The van der Waals surface area contributed by atoms with Crippen LogP contribution in [0.15, 0.2) is 79.1 Å². The van der Waals surface area contributed by atoms with Gasteiger partial charge >= 0.3 is 0 Å². The maximum Gasteiger partial charge on any atom is 0.292 e. The van der Waals surface area contributed by atoms with E-state index in [9.17, 15) is 25.0 Å². The first kappa shape index (κ1) is 24.9. The van der Waals surface area contributed by atoms with E-state index in [1.807, 2.05) is 6.07 Å². The molecule has 0 saturated carbocycles. The van der Waals surface area contributed by atoms with Gasteiger partial charge in [0.05, 0.1) is 22.1 Å². The molecule has 4 rings (SSSR count). The molecule has 0 aliphatic rings. The van der Waals surface area contributed by atoms with Crippen LogP contribution >= 0.6 is 11.6 Å². The van der Waals surface area contributed by atoms with Gasteiger partial charge in [-0.2, -0.15) is 10.5 Å². The number of nitro groups is 1. The Morgan fingerprint density at radius 2 is 1.76 bits per heavy atom. The van der Waals surface area contributed by atoms with Crippen LogP contribution in [0.4, 0.5) is 11.4 Å². The number of Topliss-reactive ketones (excluding diaryl/α,β-unsaturated/α-hetero) is 1. The number of carbonyl (C=O) groups is 2. The van der Waals surface area contributed by atoms with E-state index >= 15 is 0 Å². The minimum absolute atomic E-state index is 0.182. The average molecular weight is 510 g/mol. The molecule has 1 aromatic heterocycles. The summed E-state index contributed by atoms with van der Waals surface area (Å²) in [5, 5.41) is 33.0. The Bertz CT molecular complexity index is 1650. The number of nitrogens with one attached hydrogen (secondary N) is 1. The monoisotopic (exact) mass is 509 g/mol. The summed E-state index contributed by atoms with van der Waals surface area (Å²) in [6.07, 6.45) is 2.91. The van der Waals surface area contributed by atoms with Crippen LogP contribution in [0.5, 0.6) is 0 Å². The first-order chi connectivity index (χ1) is 17.8. The number of benzene rings is 3. The van der Waals surface area contributed by atoms with E-state index in [1.165, 1.54) is 24.3 Å². The maximum absolute atomic E-state index is 12.6. The molecule has 0 bridgehead atoms. The molecule has 9 nitrogen and oxygen atoms in total. The molecule has 4 aromatic rings. The summed E-state index contributed by atoms with van der Waals surface area (Å²) in [6.45, 7) is 0. The summed E-state index contributed by atoms with van der Waals surface area (Å²) in [6, 6.07) is 21.3. The van der Waals surface area contributed by atoms with Crippen molar-refractivity contribution in [3.05, 3.63) is 111 Å². The molecular formula is C27H16ClN5O4. The van der Waals surface area contributed by atoms with Gasteiger partial charge in [-0.25, -0.2) is 0 Å². The lowest BCUT2D eigenvalue weighted by molar-refractivity contribution is -0.383. The molecule has 1 amide bonds. The largest absolute Gasteiger partial charge is 0.322 e. The number of hydrogen-bond donors (Lipinski definition) is 1. The van der Waals surface area contributed by atoms with Crippen molar-refractivity contribution in [2.75, 3.05) is 5.32 Å². The quantitative estimate of drug-likeness (QED) is 0.206. The summed E-state index contributed by atoms with van der Waals surface area (Å²) >= 11 is 6.30. The number of rotatable bonds is 7. The number of hydrogen-bond acceptors (Lipinski definition) is 6. The van der Waals surface area contributed by atoms with E-state index in [0.717, 1.165) is 0 Å². The number of nitriles is 2. The molecule has 0 atom stereocenters. The number of nitrogens with zero attached hydrogens (tertiary/aromatic N) is 4. The number of carbonyl (C=O) groups excluding carboxylic acids is 2. The maximum atomic E-state index is 12.6. The number of aromatic nitrogens is 1. The molecule has 37 heavy (non-hydrogen) atoms. The highest BCUT2D eigenvalue weighted by molar-refractivity contribution is 6.41. The number of anilines is 1. The molecule has 1 heterocycles. The third-order valence-electron chi connectivity index (χ3n) is 5.51. The fourth-order valence-corrected chi connectivity index (χ4v) is 3.98. The molecule has 0 saturated heterocycles. The Hall–Kier alpha value is -5.25. The van der Waals surface area contributed by atoms with Crippen LogP contribution < -0.4 is 5.32 Å². The lowest BCUT2D eigenvalue weighted by Gasteiger charge is -2.09. The summed E-state index contributed by atoms with van der Waals surface area (Å²) in [4.78, 5) is 36.0. The van der Waals surface area contributed by atoms with Crippen molar-refractivity contribution < 1.29 is 14.5 Å². The fourth-order valence-electron chi connectivity index (χ4n) is 3.74. The van der Waals surface area contributed by atoms with Crippen LogP contribution in [-0.4, -0.2) is 21.2 Å². The molecule has 0 aliphatic carbocycles. The molecule has 0 unspecified atom stereocenters.